The molecule has 2 amide bonds. The lowest BCUT2D eigenvalue weighted by molar-refractivity contribution is -0.119. The van der Waals surface area contributed by atoms with Crippen molar-refractivity contribution in [3.63, 3.8) is 0 Å². The Kier molecular flexibility index (Phi) is 5.10. The van der Waals surface area contributed by atoms with Gasteiger partial charge in [0.15, 0.2) is 0 Å². The average Bonchev–Trinajstić information content (AvgIpc) is 2.41. The van der Waals surface area contributed by atoms with E-state index < -0.39 is 0 Å². The molecule has 4 nitrogen and oxygen atoms in total. The predicted molar refractivity (Wildman–Crippen MR) is 83.8 cm³/mol. The van der Waals surface area contributed by atoms with Crippen LogP contribution in [0.25, 0.3) is 0 Å². The minimum Gasteiger partial charge on any atom is -0.370 e. The second kappa shape index (κ2) is 6.63. The Morgan fingerprint density at radius 3 is 2.60 bits per heavy atom. The highest BCUT2D eigenvalue weighted by Gasteiger charge is 2.25. The molecule has 1 heterocycles. The molecule has 2 rings (SSSR count). The van der Waals surface area contributed by atoms with Crippen LogP contribution in [-0.2, 0) is 4.79 Å². The summed E-state index contributed by atoms with van der Waals surface area (Å²) in [4.78, 5) is 26.0. The van der Waals surface area contributed by atoms with E-state index in [1.165, 1.54) is 0 Å². The van der Waals surface area contributed by atoms with Gasteiger partial charge in [-0.05, 0) is 52.9 Å². The van der Waals surface area contributed by atoms with Gasteiger partial charge in [0, 0.05) is 28.9 Å². The van der Waals surface area contributed by atoms with Gasteiger partial charge in [-0.2, -0.15) is 0 Å². The summed E-state index contributed by atoms with van der Waals surface area (Å²) in [6.07, 6.45) is 2.07. The number of halogens is 1. The molecular weight excluding hydrogens is 340 g/mol. The number of carbonyl (C=O) groups is 2. The van der Waals surface area contributed by atoms with Gasteiger partial charge in [-0.3, -0.25) is 9.59 Å². The van der Waals surface area contributed by atoms with Gasteiger partial charge in [0.1, 0.15) is 0 Å². The molecule has 0 spiro atoms. The van der Waals surface area contributed by atoms with Crippen LogP contribution in [0.15, 0.2) is 27.6 Å². The standard InChI is InChI=1S/C14H17BrN2O2S/c15-12-2-1-10(20)8-11(12)14(19)17-5-3-9(4-6-17)7-13(16)18/h1-2,8-9,20H,3-7H2,(H2,16,18). The first-order valence-electron chi connectivity index (χ1n) is 6.53. The second-order valence-electron chi connectivity index (χ2n) is 5.07. The Morgan fingerprint density at radius 1 is 1.35 bits per heavy atom. The molecule has 0 aliphatic carbocycles. The number of nitrogens with zero attached hydrogens (tertiary/aromatic N) is 1. The highest BCUT2D eigenvalue weighted by atomic mass is 79.9. The highest BCUT2D eigenvalue weighted by Crippen LogP contribution is 2.25. The lowest BCUT2D eigenvalue weighted by Gasteiger charge is -2.31. The van der Waals surface area contributed by atoms with Gasteiger partial charge in [-0.15, -0.1) is 12.6 Å². The van der Waals surface area contributed by atoms with E-state index in [1.54, 1.807) is 6.07 Å². The summed E-state index contributed by atoms with van der Waals surface area (Å²) < 4.78 is 0.777. The van der Waals surface area contributed by atoms with E-state index in [0.29, 0.717) is 31.0 Å². The highest BCUT2D eigenvalue weighted by molar-refractivity contribution is 9.10. The summed E-state index contributed by atoms with van der Waals surface area (Å²) in [5, 5.41) is 0. The van der Waals surface area contributed by atoms with Crippen molar-refractivity contribution in [3.8, 4) is 0 Å². The first-order chi connectivity index (χ1) is 9.47. The number of hydrogen-bond acceptors (Lipinski definition) is 3. The SMILES string of the molecule is NC(=O)CC1CCN(C(=O)c2cc(S)ccc2Br)CC1. The van der Waals surface area contributed by atoms with Gasteiger partial charge in [-0.1, -0.05) is 0 Å². The van der Waals surface area contributed by atoms with Crippen LogP contribution >= 0.6 is 28.6 Å². The number of carbonyl (C=O) groups excluding carboxylic acids is 2. The Balaban J connectivity index is 2.01. The van der Waals surface area contributed by atoms with E-state index >= 15 is 0 Å². The van der Waals surface area contributed by atoms with Crippen molar-refractivity contribution >= 4 is 40.4 Å². The van der Waals surface area contributed by atoms with E-state index in [0.717, 1.165) is 22.2 Å². The van der Waals surface area contributed by atoms with Crippen molar-refractivity contribution in [2.45, 2.75) is 24.2 Å². The van der Waals surface area contributed by atoms with E-state index in [4.69, 9.17) is 5.73 Å². The number of rotatable bonds is 3. The molecule has 0 bridgehead atoms. The van der Waals surface area contributed by atoms with Gasteiger partial charge in [0.05, 0.1) is 5.56 Å². The fourth-order valence-electron chi connectivity index (χ4n) is 2.47. The van der Waals surface area contributed by atoms with Crippen molar-refractivity contribution in [1.29, 1.82) is 0 Å². The summed E-state index contributed by atoms with van der Waals surface area (Å²) >= 11 is 7.67. The molecule has 20 heavy (non-hydrogen) atoms. The van der Waals surface area contributed by atoms with Crippen LogP contribution in [0.3, 0.4) is 0 Å². The summed E-state index contributed by atoms with van der Waals surface area (Å²) in [7, 11) is 0. The van der Waals surface area contributed by atoms with Crippen LogP contribution in [0.1, 0.15) is 29.6 Å². The number of benzene rings is 1. The molecule has 1 aliphatic rings. The molecule has 0 saturated carbocycles. The van der Waals surface area contributed by atoms with Gasteiger partial charge in [0.2, 0.25) is 5.91 Å². The molecule has 1 aromatic rings. The van der Waals surface area contributed by atoms with Crippen molar-refractivity contribution in [3.05, 3.63) is 28.2 Å². The van der Waals surface area contributed by atoms with Crippen LogP contribution in [-0.4, -0.2) is 29.8 Å². The van der Waals surface area contributed by atoms with Crippen LogP contribution in [0, 0.1) is 5.92 Å². The lowest BCUT2D eigenvalue weighted by Crippen LogP contribution is -2.39. The Bertz CT molecular complexity index is 528. The van der Waals surface area contributed by atoms with E-state index in [-0.39, 0.29) is 11.8 Å². The maximum absolute atomic E-state index is 12.5. The van der Waals surface area contributed by atoms with Crippen molar-refractivity contribution in [2.24, 2.45) is 11.7 Å². The van der Waals surface area contributed by atoms with Gasteiger partial charge in [0.25, 0.3) is 5.91 Å². The molecule has 0 atom stereocenters. The largest absolute Gasteiger partial charge is 0.370 e. The zero-order valence-corrected chi connectivity index (χ0v) is 13.5. The van der Waals surface area contributed by atoms with Crippen LogP contribution in [0.4, 0.5) is 0 Å². The molecule has 0 aromatic heterocycles. The summed E-state index contributed by atoms with van der Waals surface area (Å²) in [6.45, 7) is 1.33. The number of hydrogen-bond donors (Lipinski definition) is 2. The minimum atomic E-state index is -0.264. The van der Waals surface area contributed by atoms with Crippen LogP contribution < -0.4 is 5.73 Å². The Hall–Kier alpha value is -1.01. The smallest absolute Gasteiger partial charge is 0.255 e. The van der Waals surface area contributed by atoms with Crippen molar-refractivity contribution in [2.75, 3.05) is 13.1 Å². The average molecular weight is 357 g/mol. The monoisotopic (exact) mass is 356 g/mol. The van der Waals surface area contributed by atoms with Crippen LogP contribution in [0.2, 0.25) is 0 Å². The normalized spacial score (nSPS) is 16.2. The molecule has 2 N–H and O–H groups in total. The fraction of sp³-hybridized carbons (Fsp3) is 0.429. The zero-order valence-electron chi connectivity index (χ0n) is 11.0. The molecular formula is C14H17BrN2O2S. The molecule has 1 saturated heterocycles. The number of primary amides is 1. The Morgan fingerprint density at radius 2 is 2.00 bits per heavy atom. The third-order valence-electron chi connectivity index (χ3n) is 3.57. The molecule has 6 heteroatoms. The molecule has 108 valence electrons. The van der Waals surface area contributed by atoms with E-state index in [9.17, 15) is 9.59 Å². The van der Waals surface area contributed by atoms with Crippen molar-refractivity contribution in [1.82, 2.24) is 4.90 Å². The maximum atomic E-state index is 12.5. The van der Waals surface area contributed by atoms with E-state index in [1.807, 2.05) is 17.0 Å². The number of nitrogens with two attached hydrogens (primary N) is 1. The molecule has 1 aromatic carbocycles. The summed E-state index contributed by atoms with van der Waals surface area (Å²) in [5.41, 5.74) is 5.84. The summed E-state index contributed by atoms with van der Waals surface area (Å²) in [5.74, 6) is 0.0433. The first-order valence-corrected chi connectivity index (χ1v) is 7.77. The lowest BCUT2D eigenvalue weighted by atomic mass is 9.93. The third kappa shape index (κ3) is 3.76. The second-order valence-corrected chi connectivity index (χ2v) is 6.44. The van der Waals surface area contributed by atoms with E-state index in [2.05, 4.69) is 28.6 Å². The van der Waals surface area contributed by atoms with Gasteiger partial charge < -0.3 is 10.6 Å². The number of likely N-dealkylation sites (tertiary alicyclic amines) is 1. The molecule has 0 unspecified atom stereocenters. The quantitative estimate of drug-likeness (QED) is 0.817. The Labute approximate surface area is 132 Å². The molecule has 1 fully saturated rings. The minimum absolute atomic E-state index is 0.00491. The van der Waals surface area contributed by atoms with Gasteiger partial charge in [-0.25, -0.2) is 0 Å². The molecule has 0 radical (unpaired) electrons. The molecule has 1 aliphatic heterocycles. The predicted octanol–water partition coefficient (Wildman–Crippen LogP) is 2.47. The number of amides is 2. The topological polar surface area (TPSA) is 63.4 Å². The van der Waals surface area contributed by atoms with Crippen molar-refractivity contribution < 1.29 is 9.59 Å². The van der Waals surface area contributed by atoms with Crippen LogP contribution in [0.5, 0.6) is 0 Å². The fourth-order valence-corrected chi connectivity index (χ4v) is 3.09. The maximum Gasteiger partial charge on any atom is 0.255 e. The number of thiol groups is 1. The number of piperidine rings is 1. The van der Waals surface area contributed by atoms with Gasteiger partial charge >= 0.3 is 0 Å². The summed E-state index contributed by atoms with van der Waals surface area (Å²) in [6, 6.07) is 5.43. The third-order valence-corrected chi connectivity index (χ3v) is 4.54. The zero-order chi connectivity index (χ0) is 14.7. The first kappa shape index (κ1) is 15.4.